The Labute approximate surface area is 176 Å². The van der Waals surface area contributed by atoms with Crippen LogP contribution in [0.25, 0.3) is 0 Å². The van der Waals surface area contributed by atoms with Gasteiger partial charge in [0.25, 0.3) is 0 Å². The van der Waals surface area contributed by atoms with Gasteiger partial charge in [0, 0.05) is 18.1 Å². The maximum absolute atomic E-state index is 13.1. The van der Waals surface area contributed by atoms with Gasteiger partial charge >= 0.3 is 6.18 Å². The van der Waals surface area contributed by atoms with Gasteiger partial charge in [-0.15, -0.1) is 0 Å². The number of halogens is 4. The van der Waals surface area contributed by atoms with Crippen LogP contribution in [-0.4, -0.2) is 46.4 Å². The first-order chi connectivity index (χ1) is 13.9. The molecule has 0 aliphatic heterocycles. The highest BCUT2D eigenvalue weighted by molar-refractivity contribution is 7.89. The maximum atomic E-state index is 13.1. The molecule has 0 bridgehead atoms. The summed E-state index contributed by atoms with van der Waals surface area (Å²) in [5, 5.41) is 1.91. The number of hydrogen-bond acceptors (Lipinski definition) is 5. The largest absolute Gasteiger partial charge is 0.493 e. The summed E-state index contributed by atoms with van der Waals surface area (Å²) in [4.78, 5) is 12.0. The average Bonchev–Trinajstić information content (AvgIpc) is 2.67. The minimum absolute atomic E-state index is 0.159. The summed E-state index contributed by atoms with van der Waals surface area (Å²) in [5.41, 5.74) is -1.68. The van der Waals surface area contributed by atoms with E-state index in [9.17, 15) is 26.4 Å². The fourth-order valence-electron chi connectivity index (χ4n) is 2.49. The fraction of sp³-hybridized carbons (Fsp3) is 0.278. The van der Waals surface area contributed by atoms with Crippen LogP contribution >= 0.6 is 11.6 Å². The predicted molar refractivity (Wildman–Crippen MR) is 104 cm³/mol. The third kappa shape index (κ3) is 5.35. The highest BCUT2D eigenvalue weighted by Gasteiger charge is 2.34. The van der Waals surface area contributed by atoms with E-state index in [-0.39, 0.29) is 15.7 Å². The van der Waals surface area contributed by atoms with Gasteiger partial charge in [0.2, 0.25) is 15.9 Å². The normalized spacial score (nSPS) is 12.0. The van der Waals surface area contributed by atoms with Gasteiger partial charge in [-0.05, 0) is 30.3 Å². The molecule has 0 saturated heterocycles. The number of carbonyl (C=O) groups is 1. The van der Waals surface area contributed by atoms with E-state index < -0.39 is 39.9 Å². The zero-order valence-corrected chi connectivity index (χ0v) is 17.7. The molecule has 0 heterocycles. The van der Waals surface area contributed by atoms with Gasteiger partial charge in [0.05, 0.1) is 36.9 Å². The molecule has 12 heteroatoms. The Balaban J connectivity index is 2.22. The van der Waals surface area contributed by atoms with Gasteiger partial charge in [-0.1, -0.05) is 11.6 Å². The summed E-state index contributed by atoms with van der Waals surface area (Å²) >= 11 is 5.60. The van der Waals surface area contributed by atoms with Crippen molar-refractivity contribution in [3.05, 3.63) is 47.0 Å². The second-order valence-electron chi connectivity index (χ2n) is 6.01. The summed E-state index contributed by atoms with van der Waals surface area (Å²) in [6, 6.07) is 6.68. The molecule has 0 aromatic heterocycles. The molecule has 30 heavy (non-hydrogen) atoms. The molecule has 7 nitrogen and oxygen atoms in total. The predicted octanol–water partition coefficient (Wildman–Crippen LogP) is 3.64. The number of ether oxygens (including phenoxy) is 2. The number of methoxy groups -OCH3 is 2. The number of nitrogens with one attached hydrogen (secondary N) is 1. The molecule has 0 aliphatic carbocycles. The first-order valence-corrected chi connectivity index (χ1v) is 10.1. The number of rotatable bonds is 7. The van der Waals surface area contributed by atoms with Crippen molar-refractivity contribution in [1.29, 1.82) is 0 Å². The molecule has 2 aromatic rings. The minimum atomic E-state index is -4.76. The zero-order valence-electron chi connectivity index (χ0n) is 16.1. The number of likely N-dealkylation sites (N-methyl/N-ethyl adjacent to an activating group) is 1. The topological polar surface area (TPSA) is 84.9 Å². The van der Waals surface area contributed by atoms with Crippen molar-refractivity contribution in [2.75, 3.05) is 33.1 Å². The second kappa shape index (κ2) is 9.11. The van der Waals surface area contributed by atoms with E-state index in [0.29, 0.717) is 16.1 Å². The number of amides is 1. The van der Waals surface area contributed by atoms with Crippen LogP contribution in [0.5, 0.6) is 11.5 Å². The monoisotopic (exact) mass is 466 g/mol. The Hall–Kier alpha value is -2.50. The van der Waals surface area contributed by atoms with Crippen LogP contribution in [0.3, 0.4) is 0 Å². The van der Waals surface area contributed by atoms with Gasteiger partial charge in [-0.2, -0.15) is 17.5 Å². The smallest absolute Gasteiger partial charge is 0.418 e. The number of benzene rings is 2. The molecule has 0 unspecified atom stereocenters. The van der Waals surface area contributed by atoms with Crippen LogP contribution in [-0.2, 0) is 21.0 Å². The average molecular weight is 467 g/mol. The van der Waals surface area contributed by atoms with Crippen LogP contribution < -0.4 is 14.8 Å². The minimum Gasteiger partial charge on any atom is -0.493 e. The number of anilines is 1. The fourth-order valence-corrected chi connectivity index (χ4v) is 3.81. The van der Waals surface area contributed by atoms with Crippen LogP contribution in [0.4, 0.5) is 18.9 Å². The molecular weight excluding hydrogens is 449 g/mol. The number of sulfonamides is 1. The van der Waals surface area contributed by atoms with Gasteiger partial charge in [-0.3, -0.25) is 4.79 Å². The van der Waals surface area contributed by atoms with Crippen molar-refractivity contribution < 1.29 is 35.9 Å². The molecule has 1 amide bonds. The molecule has 1 N–H and O–H groups in total. The number of alkyl halides is 3. The lowest BCUT2D eigenvalue weighted by atomic mass is 10.1. The Morgan fingerprint density at radius 2 is 1.73 bits per heavy atom. The van der Waals surface area contributed by atoms with Gasteiger partial charge in [-0.25, -0.2) is 8.42 Å². The maximum Gasteiger partial charge on any atom is 0.418 e. The quantitative estimate of drug-likeness (QED) is 0.673. The van der Waals surface area contributed by atoms with Gasteiger partial charge < -0.3 is 14.8 Å². The first-order valence-electron chi connectivity index (χ1n) is 8.25. The summed E-state index contributed by atoms with van der Waals surface area (Å²) in [6.07, 6.45) is -4.76. The van der Waals surface area contributed by atoms with Crippen LogP contribution in [0.2, 0.25) is 5.02 Å². The molecule has 0 fully saturated rings. The highest BCUT2D eigenvalue weighted by atomic mass is 35.5. The lowest BCUT2D eigenvalue weighted by Crippen LogP contribution is -2.35. The van der Waals surface area contributed by atoms with E-state index in [4.69, 9.17) is 21.1 Å². The second-order valence-corrected chi connectivity index (χ2v) is 8.50. The van der Waals surface area contributed by atoms with Crippen molar-refractivity contribution in [2.45, 2.75) is 11.1 Å². The molecule has 0 aliphatic rings. The lowest BCUT2D eigenvalue weighted by molar-refractivity contribution is -0.137. The Morgan fingerprint density at radius 1 is 1.10 bits per heavy atom. The van der Waals surface area contributed by atoms with E-state index >= 15 is 0 Å². The number of hydrogen-bond donors (Lipinski definition) is 1. The summed E-state index contributed by atoms with van der Waals surface area (Å²) < 4.78 is 75.7. The third-order valence-corrected chi connectivity index (χ3v) is 6.03. The van der Waals surface area contributed by atoms with E-state index in [2.05, 4.69) is 5.32 Å². The molecule has 0 radical (unpaired) electrons. The lowest BCUT2D eigenvalue weighted by Gasteiger charge is -2.19. The van der Waals surface area contributed by atoms with Crippen molar-refractivity contribution >= 4 is 33.2 Å². The van der Waals surface area contributed by atoms with Crippen molar-refractivity contribution in [3.8, 4) is 11.5 Å². The third-order valence-electron chi connectivity index (χ3n) is 3.99. The van der Waals surface area contributed by atoms with Crippen molar-refractivity contribution in [1.82, 2.24) is 4.31 Å². The molecule has 0 saturated carbocycles. The highest BCUT2D eigenvalue weighted by Crippen LogP contribution is 2.36. The molecular formula is C18H18ClF3N2O5S. The molecule has 2 aromatic carbocycles. The first kappa shape index (κ1) is 23.8. The van der Waals surface area contributed by atoms with Crippen molar-refractivity contribution in [2.24, 2.45) is 0 Å². The summed E-state index contributed by atoms with van der Waals surface area (Å²) in [6.45, 7) is -0.726. The molecule has 2 rings (SSSR count). The number of carbonyl (C=O) groups excluding carboxylic acids is 1. The van der Waals surface area contributed by atoms with Crippen LogP contribution in [0.15, 0.2) is 41.3 Å². The molecule has 0 atom stereocenters. The van der Waals surface area contributed by atoms with Crippen LogP contribution in [0.1, 0.15) is 5.56 Å². The van der Waals surface area contributed by atoms with E-state index in [1.54, 1.807) is 0 Å². The van der Waals surface area contributed by atoms with Crippen molar-refractivity contribution in [3.63, 3.8) is 0 Å². The van der Waals surface area contributed by atoms with E-state index in [1.807, 2.05) is 0 Å². The standard InChI is InChI=1S/C18H18ClF3N2O5S/c1-24(30(26,27)12-5-7-15(28-2)16(9-12)29-3)10-17(25)23-14-6-4-11(19)8-13(14)18(20,21)22/h4-9H,10H2,1-3H3,(H,23,25). The SMILES string of the molecule is COc1ccc(S(=O)(=O)N(C)CC(=O)Nc2ccc(Cl)cc2C(F)(F)F)cc1OC. The van der Waals surface area contributed by atoms with Gasteiger partial charge in [0.15, 0.2) is 11.5 Å². The molecule has 0 spiro atoms. The molecule has 164 valence electrons. The Bertz CT molecular complexity index is 1040. The zero-order chi connectivity index (χ0) is 22.7. The van der Waals surface area contributed by atoms with Crippen LogP contribution in [0, 0.1) is 0 Å². The number of nitrogens with zero attached hydrogens (tertiary/aromatic N) is 1. The Kier molecular flexibility index (Phi) is 7.22. The summed E-state index contributed by atoms with van der Waals surface area (Å²) in [7, 11) is -0.300. The van der Waals surface area contributed by atoms with E-state index in [1.165, 1.54) is 38.5 Å². The summed E-state index contributed by atoms with van der Waals surface area (Å²) in [5.74, 6) is -0.499. The Morgan fingerprint density at radius 3 is 2.30 bits per heavy atom. The van der Waals surface area contributed by atoms with Gasteiger partial charge in [0.1, 0.15) is 0 Å². The van der Waals surface area contributed by atoms with E-state index in [0.717, 1.165) is 13.1 Å².